The van der Waals surface area contributed by atoms with Crippen LogP contribution in [0.25, 0.3) is 0 Å². The van der Waals surface area contributed by atoms with Crippen LogP contribution >= 0.6 is 0 Å². The molecular formula is C11H21N3O. The molecule has 0 fully saturated rings. The van der Waals surface area contributed by atoms with Crippen molar-refractivity contribution in [3.05, 3.63) is 11.7 Å². The number of nitrogens with two attached hydrogens (primary N) is 1. The summed E-state index contributed by atoms with van der Waals surface area (Å²) in [4.78, 5) is 4.29. The molecule has 1 atom stereocenters. The van der Waals surface area contributed by atoms with Gasteiger partial charge in [-0.25, -0.2) is 0 Å². The fourth-order valence-corrected chi connectivity index (χ4v) is 1.69. The van der Waals surface area contributed by atoms with Crippen molar-refractivity contribution < 1.29 is 4.52 Å². The lowest BCUT2D eigenvalue weighted by molar-refractivity contribution is 0.329. The van der Waals surface area contributed by atoms with Gasteiger partial charge in [0.1, 0.15) is 0 Å². The second-order valence-electron chi connectivity index (χ2n) is 4.39. The van der Waals surface area contributed by atoms with E-state index in [1.807, 2.05) is 6.92 Å². The Morgan fingerprint density at radius 3 is 2.60 bits per heavy atom. The molecule has 0 unspecified atom stereocenters. The molecule has 86 valence electrons. The normalized spacial score (nSPS) is 13.4. The molecule has 0 aliphatic carbocycles. The van der Waals surface area contributed by atoms with Crippen molar-refractivity contribution in [1.29, 1.82) is 0 Å². The molecule has 0 aliphatic heterocycles. The van der Waals surface area contributed by atoms with Crippen LogP contribution < -0.4 is 5.73 Å². The van der Waals surface area contributed by atoms with Crippen LogP contribution in [0.3, 0.4) is 0 Å². The van der Waals surface area contributed by atoms with Crippen LogP contribution in [0.15, 0.2) is 4.52 Å². The topological polar surface area (TPSA) is 64.9 Å². The highest BCUT2D eigenvalue weighted by atomic mass is 16.5. The average Bonchev–Trinajstić information content (AvgIpc) is 2.64. The standard InChI is InChI=1S/C11H21N3O/c1-4-10-13-11(15-14-10)6-9(7-12)5-8(2)3/h8-9H,4-7,12H2,1-3H3/t9-/m0/s1. The lowest BCUT2D eigenvalue weighted by Crippen LogP contribution is -2.19. The molecule has 0 bridgehead atoms. The summed E-state index contributed by atoms with van der Waals surface area (Å²) in [6.07, 6.45) is 2.74. The highest BCUT2D eigenvalue weighted by Gasteiger charge is 2.14. The Bertz CT molecular complexity index is 283. The van der Waals surface area contributed by atoms with Crippen LogP contribution in [-0.2, 0) is 12.8 Å². The molecule has 0 radical (unpaired) electrons. The summed E-state index contributed by atoms with van der Waals surface area (Å²) in [6, 6.07) is 0. The molecule has 4 nitrogen and oxygen atoms in total. The first-order valence-corrected chi connectivity index (χ1v) is 5.67. The Morgan fingerprint density at radius 1 is 1.40 bits per heavy atom. The van der Waals surface area contributed by atoms with Gasteiger partial charge in [0.15, 0.2) is 5.82 Å². The van der Waals surface area contributed by atoms with Gasteiger partial charge in [-0.1, -0.05) is 25.9 Å². The molecule has 0 amide bonds. The van der Waals surface area contributed by atoms with Crippen LogP contribution in [0.4, 0.5) is 0 Å². The van der Waals surface area contributed by atoms with Crippen molar-refractivity contribution in [2.24, 2.45) is 17.6 Å². The first kappa shape index (κ1) is 12.2. The number of aryl methyl sites for hydroxylation is 1. The SMILES string of the molecule is CCc1noc(C[C@@H](CN)CC(C)C)n1. The first-order chi connectivity index (χ1) is 7.15. The van der Waals surface area contributed by atoms with E-state index in [0.717, 1.165) is 31.0 Å². The van der Waals surface area contributed by atoms with E-state index in [1.54, 1.807) is 0 Å². The molecule has 1 aromatic heterocycles. The fourth-order valence-electron chi connectivity index (χ4n) is 1.69. The van der Waals surface area contributed by atoms with Gasteiger partial charge >= 0.3 is 0 Å². The number of nitrogens with zero attached hydrogens (tertiary/aromatic N) is 2. The monoisotopic (exact) mass is 211 g/mol. The quantitative estimate of drug-likeness (QED) is 0.779. The Kier molecular flexibility index (Phi) is 4.75. The van der Waals surface area contributed by atoms with Gasteiger partial charge in [0.2, 0.25) is 5.89 Å². The number of hydrogen-bond acceptors (Lipinski definition) is 4. The van der Waals surface area contributed by atoms with Crippen molar-refractivity contribution in [2.75, 3.05) is 6.54 Å². The van der Waals surface area contributed by atoms with E-state index in [2.05, 4.69) is 24.0 Å². The molecule has 1 rings (SSSR count). The number of aromatic nitrogens is 2. The maximum atomic E-state index is 5.72. The molecule has 0 saturated carbocycles. The minimum Gasteiger partial charge on any atom is -0.339 e. The van der Waals surface area contributed by atoms with Crippen LogP contribution in [0.5, 0.6) is 0 Å². The van der Waals surface area contributed by atoms with Gasteiger partial charge in [0.05, 0.1) is 0 Å². The van der Waals surface area contributed by atoms with E-state index in [-0.39, 0.29) is 0 Å². The molecule has 1 heterocycles. The van der Waals surface area contributed by atoms with Crippen LogP contribution in [0.1, 0.15) is 38.9 Å². The van der Waals surface area contributed by atoms with Gasteiger partial charge in [-0.05, 0) is 24.8 Å². The van der Waals surface area contributed by atoms with E-state index in [1.165, 1.54) is 0 Å². The summed E-state index contributed by atoms with van der Waals surface area (Å²) in [5.41, 5.74) is 5.72. The van der Waals surface area contributed by atoms with E-state index < -0.39 is 0 Å². The van der Waals surface area contributed by atoms with Gasteiger partial charge in [0.25, 0.3) is 0 Å². The molecule has 2 N–H and O–H groups in total. The van der Waals surface area contributed by atoms with E-state index >= 15 is 0 Å². The van der Waals surface area contributed by atoms with Gasteiger partial charge in [-0.2, -0.15) is 4.98 Å². The van der Waals surface area contributed by atoms with E-state index in [4.69, 9.17) is 10.3 Å². The Labute approximate surface area is 91.2 Å². The van der Waals surface area contributed by atoms with Crippen molar-refractivity contribution in [3.63, 3.8) is 0 Å². The average molecular weight is 211 g/mol. The maximum absolute atomic E-state index is 5.72. The summed E-state index contributed by atoms with van der Waals surface area (Å²) in [6.45, 7) is 7.10. The summed E-state index contributed by atoms with van der Waals surface area (Å²) in [5.74, 6) is 2.62. The molecule has 0 saturated heterocycles. The second-order valence-corrected chi connectivity index (χ2v) is 4.39. The highest BCUT2D eigenvalue weighted by molar-refractivity contribution is 4.87. The van der Waals surface area contributed by atoms with Crippen molar-refractivity contribution in [2.45, 2.75) is 40.0 Å². The largest absolute Gasteiger partial charge is 0.339 e. The Balaban J connectivity index is 2.50. The van der Waals surface area contributed by atoms with Crippen molar-refractivity contribution in [1.82, 2.24) is 10.1 Å². The van der Waals surface area contributed by atoms with Gasteiger partial charge in [0, 0.05) is 12.8 Å². The zero-order chi connectivity index (χ0) is 11.3. The summed E-state index contributed by atoms with van der Waals surface area (Å²) >= 11 is 0. The maximum Gasteiger partial charge on any atom is 0.226 e. The molecule has 15 heavy (non-hydrogen) atoms. The minimum atomic E-state index is 0.454. The molecule has 0 aliphatic rings. The van der Waals surface area contributed by atoms with Gasteiger partial charge < -0.3 is 10.3 Å². The summed E-state index contributed by atoms with van der Waals surface area (Å²) < 4.78 is 5.15. The van der Waals surface area contributed by atoms with Crippen LogP contribution in [0.2, 0.25) is 0 Å². The zero-order valence-corrected chi connectivity index (χ0v) is 9.86. The summed E-state index contributed by atoms with van der Waals surface area (Å²) in [5, 5.41) is 3.87. The highest BCUT2D eigenvalue weighted by Crippen LogP contribution is 2.15. The molecule has 0 spiro atoms. The van der Waals surface area contributed by atoms with Gasteiger partial charge in [-0.15, -0.1) is 0 Å². The van der Waals surface area contributed by atoms with E-state index in [0.29, 0.717) is 18.4 Å². The number of hydrogen-bond donors (Lipinski definition) is 1. The third-order valence-electron chi connectivity index (χ3n) is 2.43. The van der Waals surface area contributed by atoms with Gasteiger partial charge in [-0.3, -0.25) is 0 Å². The summed E-state index contributed by atoms with van der Waals surface area (Å²) in [7, 11) is 0. The smallest absolute Gasteiger partial charge is 0.226 e. The Morgan fingerprint density at radius 2 is 2.13 bits per heavy atom. The van der Waals surface area contributed by atoms with Crippen LogP contribution in [0, 0.1) is 11.8 Å². The van der Waals surface area contributed by atoms with Crippen LogP contribution in [-0.4, -0.2) is 16.7 Å². The molecule has 4 heteroatoms. The second kappa shape index (κ2) is 5.85. The van der Waals surface area contributed by atoms with Crippen molar-refractivity contribution in [3.8, 4) is 0 Å². The fraction of sp³-hybridized carbons (Fsp3) is 0.818. The minimum absolute atomic E-state index is 0.454. The molecule has 0 aromatic carbocycles. The molecule has 1 aromatic rings. The number of rotatable bonds is 6. The van der Waals surface area contributed by atoms with E-state index in [9.17, 15) is 0 Å². The molecular weight excluding hydrogens is 190 g/mol. The third kappa shape index (κ3) is 4.00. The lowest BCUT2D eigenvalue weighted by Gasteiger charge is -2.14. The predicted molar refractivity (Wildman–Crippen MR) is 59.4 cm³/mol. The zero-order valence-electron chi connectivity index (χ0n) is 9.86. The first-order valence-electron chi connectivity index (χ1n) is 5.67. The third-order valence-corrected chi connectivity index (χ3v) is 2.43. The lowest BCUT2D eigenvalue weighted by atomic mass is 9.94. The Hall–Kier alpha value is -0.900. The predicted octanol–water partition coefficient (Wildman–Crippen LogP) is 1.80. The van der Waals surface area contributed by atoms with Crippen molar-refractivity contribution >= 4 is 0 Å².